The van der Waals surface area contributed by atoms with Gasteiger partial charge in [-0.25, -0.2) is 0 Å². The normalized spacial score (nSPS) is 12.4. The summed E-state index contributed by atoms with van der Waals surface area (Å²) in [4.78, 5) is 17.7. The molecule has 1 amide bonds. The van der Waals surface area contributed by atoms with E-state index in [1.165, 1.54) is 0 Å². The molecular formula is C21H26N4O4. The number of hydrogen-bond donors (Lipinski definition) is 2. The summed E-state index contributed by atoms with van der Waals surface area (Å²) in [6.45, 7) is 1.90. The monoisotopic (exact) mass is 398 g/mol. The molecule has 1 heterocycles. The van der Waals surface area contributed by atoms with E-state index in [9.17, 15) is 4.79 Å². The largest absolute Gasteiger partial charge is 0.492 e. The number of carbonyl (C=O) groups is 1. The minimum Gasteiger partial charge on any atom is -0.492 e. The first kappa shape index (κ1) is 20.3. The average Bonchev–Trinajstić information content (AvgIpc) is 3.21. The summed E-state index contributed by atoms with van der Waals surface area (Å²) in [6, 6.07) is 13.0. The maximum absolute atomic E-state index is 11.9. The van der Waals surface area contributed by atoms with Crippen LogP contribution in [-0.4, -0.2) is 57.9 Å². The summed E-state index contributed by atoms with van der Waals surface area (Å²) in [6.07, 6.45) is 0. The molecule has 2 aromatic carbocycles. The topological polar surface area (TPSA) is 84.4 Å². The predicted molar refractivity (Wildman–Crippen MR) is 111 cm³/mol. The fourth-order valence-corrected chi connectivity index (χ4v) is 2.73. The summed E-state index contributed by atoms with van der Waals surface area (Å²) in [5.41, 5.74) is 1.72. The molecule has 0 aliphatic carbocycles. The van der Waals surface area contributed by atoms with Crippen molar-refractivity contribution in [3.63, 3.8) is 0 Å². The van der Waals surface area contributed by atoms with E-state index in [-0.39, 0.29) is 12.7 Å². The quantitative estimate of drug-likeness (QED) is 0.421. The van der Waals surface area contributed by atoms with Crippen LogP contribution in [0.5, 0.6) is 17.2 Å². The van der Waals surface area contributed by atoms with Crippen LogP contribution in [0, 0.1) is 0 Å². The highest BCUT2D eigenvalue weighted by atomic mass is 16.7. The van der Waals surface area contributed by atoms with Crippen molar-refractivity contribution in [2.45, 2.75) is 6.54 Å². The SMILES string of the molecule is CN=C(NCCOc1ccc2c(c1)OCO2)NCc1ccc(C(=O)N(C)C)cc1. The molecule has 0 saturated heterocycles. The van der Waals surface area contributed by atoms with E-state index in [0.717, 1.165) is 17.1 Å². The summed E-state index contributed by atoms with van der Waals surface area (Å²) < 4.78 is 16.4. The van der Waals surface area contributed by atoms with Crippen molar-refractivity contribution < 1.29 is 19.0 Å². The highest BCUT2D eigenvalue weighted by Gasteiger charge is 2.13. The fraction of sp³-hybridized carbons (Fsp3) is 0.333. The smallest absolute Gasteiger partial charge is 0.253 e. The average molecular weight is 398 g/mol. The lowest BCUT2D eigenvalue weighted by Crippen LogP contribution is -2.38. The molecular weight excluding hydrogens is 372 g/mol. The molecule has 1 aliphatic heterocycles. The van der Waals surface area contributed by atoms with Gasteiger partial charge in [-0.05, 0) is 29.8 Å². The molecule has 8 nitrogen and oxygen atoms in total. The first-order valence-electron chi connectivity index (χ1n) is 9.34. The third-order valence-corrected chi connectivity index (χ3v) is 4.30. The van der Waals surface area contributed by atoms with E-state index in [0.29, 0.717) is 37.0 Å². The number of amides is 1. The zero-order valence-corrected chi connectivity index (χ0v) is 16.9. The second-order valence-corrected chi connectivity index (χ2v) is 6.61. The number of carbonyl (C=O) groups excluding carboxylic acids is 1. The van der Waals surface area contributed by atoms with Crippen LogP contribution in [0.3, 0.4) is 0 Å². The van der Waals surface area contributed by atoms with Crippen molar-refractivity contribution in [2.75, 3.05) is 41.1 Å². The van der Waals surface area contributed by atoms with E-state index in [4.69, 9.17) is 14.2 Å². The summed E-state index contributed by atoms with van der Waals surface area (Å²) in [7, 11) is 5.19. The van der Waals surface area contributed by atoms with E-state index < -0.39 is 0 Å². The highest BCUT2D eigenvalue weighted by Crippen LogP contribution is 2.34. The van der Waals surface area contributed by atoms with Gasteiger partial charge in [-0.1, -0.05) is 12.1 Å². The Hall–Kier alpha value is -3.42. The first-order chi connectivity index (χ1) is 14.1. The van der Waals surface area contributed by atoms with Crippen LogP contribution in [0.25, 0.3) is 0 Å². The van der Waals surface area contributed by atoms with Crippen LogP contribution in [0.4, 0.5) is 0 Å². The number of fused-ring (bicyclic) bond motifs is 1. The first-order valence-corrected chi connectivity index (χ1v) is 9.34. The Morgan fingerprint density at radius 2 is 1.86 bits per heavy atom. The second kappa shape index (κ2) is 9.68. The highest BCUT2D eigenvalue weighted by molar-refractivity contribution is 5.93. The number of nitrogens with zero attached hydrogens (tertiary/aromatic N) is 2. The van der Waals surface area contributed by atoms with Gasteiger partial charge in [0, 0.05) is 39.3 Å². The lowest BCUT2D eigenvalue weighted by Gasteiger charge is -2.13. The van der Waals surface area contributed by atoms with E-state index in [2.05, 4.69) is 15.6 Å². The van der Waals surface area contributed by atoms with Crippen LogP contribution < -0.4 is 24.8 Å². The van der Waals surface area contributed by atoms with Gasteiger partial charge in [0.25, 0.3) is 5.91 Å². The molecule has 0 unspecified atom stereocenters. The summed E-state index contributed by atoms with van der Waals surface area (Å²) >= 11 is 0. The molecule has 154 valence electrons. The zero-order chi connectivity index (χ0) is 20.6. The number of rotatable bonds is 7. The molecule has 1 aliphatic rings. The fourth-order valence-electron chi connectivity index (χ4n) is 2.73. The zero-order valence-electron chi connectivity index (χ0n) is 16.9. The van der Waals surface area contributed by atoms with E-state index in [1.807, 2.05) is 42.5 Å². The van der Waals surface area contributed by atoms with Crippen molar-refractivity contribution in [3.05, 3.63) is 53.6 Å². The minimum atomic E-state index is -0.00977. The number of guanidine groups is 1. The van der Waals surface area contributed by atoms with Gasteiger partial charge in [0.05, 0.1) is 6.54 Å². The Kier molecular flexibility index (Phi) is 6.78. The van der Waals surface area contributed by atoms with Gasteiger partial charge >= 0.3 is 0 Å². The van der Waals surface area contributed by atoms with Crippen LogP contribution in [0.15, 0.2) is 47.5 Å². The van der Waals surface area contributed by atoms with Crippen molar-refractivity contribution in [3.8, 4) is 17.2 Å². The number of aliphatic imine (C=N–C) groups is 1. The Bertz CT molecular complexity index is 865. The molecule has 0 spiro atoms. The van der Waals surface area contributed by atoms with Gasteiger partial charge in [0.2, 0.25) is 6.79 Å². The van der Waals surface area contributed by atoms with Crippen LogP contribution in [0.1, 0.15) is 15.9 Å². The molecule has 29 heavy (non-hydrogen) atoms. The van der Waals surface area contributed by atoms with Gasteiger partial charge in [-0.3, -0.25) is 9.79 Å². The number of ether oxygens (including phenoxy) is 3. The maximum Gasteiger partial charge on any atom is 0.253 e. The lowest BCUT2D eigenvalue weighted by atomic mass is 10.1. The lowest BCUT2D eigenvalue weighted by molar-refractivity contribution is 0.0827. The van der Waals surface area contributed by atoms with E-state index >= 15 is 0 Å². The van der Waals surface area contributed by atoms with Gasteiger partial charge < -0.3 is 29.7 Å². The molecule has 3 rings (SSSR count). The third kappa shape index (κ3) is 5.54. The van der Waals surface area contributed by atoms with Gasteiger partial charge in [-0.15, -0.1) is 0 Å². The molecule has 0 bridgehead atoms. The van der Waals surface area contributed by atoms with Crippen LogP contribution in [-0.2, 0) is 6.54 Å². The minimum absolute atomic E-state index is 0.00977. The van der Waals surface area contributed by atoms with Crippen molar-refractivity contribution in [1.29, 1.82) is 0 Å². The third-order valence-electron chi connectivity index (χ3n) is 4.30. The Morgan fingerprint density at radius 1 is 1.10 bits per heavy atom. The van der Waals surface area contributed by atoms with Gasteiger partial charge in [-0.2, -0.15) is 0 Å². The van der Waals surface area contributed by atoms with Crippen LogP contribution in [0.2, 0.25) is 0 Å². The molecule has 0 saturated carbocycles. The predicted octanol–water partition coefficient (Wildman–Crippen LogP) is 1.86. The number of nitrogens with one attached hydrogen (secondary N) is 2. The number of benzene rings is 2. The molecule has 0 aromatic heterocycles. The molecule has 8 heteroatoms. The molecule has 2 N–H and O–H groups in total. The van der Waals surface area contributed by atoms with Crippen LogP contribution >= 0.6 is 0 Å². The summed E-state index contributed by atoms with van der Waals surface area (Å²) in [5, 5.41) is 6.45. The van der Waals surface area contributed by atoms with Gasteiger partial charge in [0.1, 0.15) is 12.4 Å². The number of hydrogen-bond acceptors (Lipinski definition) is 5. The Balaban J connectivity index is 1.40. The molecule has 0 radical (unpaired) electrons. The van der Waals surface area contributed by atoms with Gasteiger partial charge in [0.15, 0.2) is 17.5 Å². The standard InChI is InChI=1S/C21H26N4O4/c1-22-21(24-13-15-4-6-16(7-5-15)20(26)25(2)3)23-10-11-27-17-8-9-18-19(12-17)29-14-28-18/h4-9,12H,10-11,13-14H2,1-3H3,(H2,22,23,24). The van der Waals surface area contributed by atoms with Crippen molar-refractivity contribution in [2.24, 2.45) is 4.99 Å². The maximum atomic E-state index is 11.9. The van der Waals surface area contributed by atoms with Crippen molar-refractivity contribution >= 4 is 11.9 Å². The Labute approximate surface area is 170 Å². The second-order valence-electron chi connectivity index (χ2n) is 6.61. The molecule has 0 atom stereocenters. The van der Waals surface area contributed by atoms with Crippen molar-refractivity contribution in [1.82, 2.24) is 15.5 Å². The molecule has 0 fully saturated rings. The summed E-state index contributed by atoms with van der Waals surface area (Å²) in [5.74, 6) is 2.83. The Morgan fingerprint density at radius 3 is 2.59 bits per heavy atom. The molecule has 2 aromatic rings. The van der Waals surface area contributed by atoms with E-state index in [1.54, 1.807) is 26.0 Å².